The molecule has 0 amide bonds. The van der Waals surface area contributed by atoms with Gasteiger partial charge in [-0.3, -0.25) is 0 Å². The molecule has 1 unspecified atom stereocenters. The molecule has 0 aromatic carbocycles. The first-order valence-corrected chi connectivity index (χ1v) is 6.80. The highest BCUT2D eigenvalue weighted by molar-refractivity contribution is 7.16. The van der Waals surface area contributed by atoms with E-state index in [0.717, 1.165) is 22.4 Å². The lowest BCUT2D eigenvalue weighted by Crippen LogP contribution is -2.17. The summed E-state index contributed by atoms with van der Waals surface area (Å²) >= 11 is 7.51. The standard InChI is InChI=1S/C13H16ClNOS/c1-8-6-12(10(3)16-8)9(2)15-7-11-4-5-13(14)17-11/h4-6,9,15H,7H2,1-3H3. The highest BCUT2D eigenvalue weighted by Crippen LogP contribution is 2.24. The average Bonchev–Trinajstić information content (AvgIpc) is 2.81. The molecule has 0 saturated carbocycles. The maximum absolute atomic E-state index is 5.90. The summed E-state index contributed by atoms with van der Waals surface area (Å²) in [5.74, 6) is 1.96. The molecule has 0 aliphatic rings. The molecule has 2 aromatic heterocycles. The summed E-state index contributed by atoms with van der Waals surface area (Å²) in [4.78, 5) is 1.25. The van der Waals surface area contributed by atoms with Crippen molar-refractivity contribution in [3.05, 3.63) is 44.5 Å². The summed E-state index contributed by atoms with van der Waals surface area (Å²) in [6, 6.07) is 6.36. The summed E-state index contributed by atoms with van der Waals surface area (Å²) < 4.78 is 6.37. The van der Waals surface area contributed by atoms with Crippen molar-refractivity contribution in [2.75, 3.05) is 0 Å². The van der Waals surface area contributed by atoms with E-state index in [1.54, 1.807) is 11.3 Å². The van der Waals surface area contributed by atoms with Crippen molar-refractivity contribution in [1.82, 2.24) is 5.32 Å². The summed E-state index contributed by atoms with van der Waals surface area (Å²) in [5.41, 5.74) is 1.23. The van der Waals surface area contributed by atoms with Gasteiger partial charge in [0.15, 0.2) is 0 Å². The molecule has 0 saturated heterocycles. The summed E-state index contributed by atoms with van der Waals surface area (Å²) in [7, 11) is 0. The van der Waals surface area contributed by atoms with Crippen LogP contribution >= 0.6 is 22.9 Å². The summed E-state index contributed by atoms with van der Waals surface area (Å²) in [5, 5.41) is 3.47. The maximum Gasteiger partial charge on any atom is 0.105 e. The van der Waals surface area contributed by atoms with Crippen LogP contribution in [0.2, 0.25) is 4.34 Å². The van der Waals surface area contributed by atoms with Crippen LogP contribution in [0.1, 0.15) is 34.9 Å². The lowest BCUT2D eigenvalue weighted by atomic mass is 10.1. The van der Waals surface area contributed by atoms with Crippen LogP contribution in [0.3, 0.4) is 0 Å². The Morgan fingerprint density at radius 1 is 1.41 bits per heavy atom. The zero-order chi connectivity index (χ0) is 12.4. The van der Waals surface area contributed by atoms with Gasteiger partial charge in [0, 0.05) is 23.0 Å². The Bertz CT molecular complexity index is 503. The molecule has 2 nitrogen and oxygen atoms in total. The zero-order valence-electron chi connectivity index (χ0n) is 10.2. The van der Waals surface area contributed by atoms with Crippen LogP contribution < -0.4 is 5.32 Å². The number of furan rings is 1. The van der Waals surface area contributed by atoms with Gasteiger partial charge in [-0.15, -0.1) is 11.3 Å². The topological polar surface area (TPSA) is 25.2 Å². The molecule has 1 N–H and O–H groups in total. The van der Waals surface area contributed by atoms with Gasteiger partial charge in [0.05, 0.1) is 4.34 Å². The van der Waals surface area contributed by atoms with Gasteiger partial charge in [-0.25, -0.2) is 0 Å². The monoisotopic (exact) mass is 269 g/mol. The fourth-order valence-corrected chi connectivity index (χ4v) is 2.93. The summed E-state index contributed by atoms with van der Waals surface area (Å²) in [6.45, 7) is 6.96. The third-order valence-electron chi connectivity index (χ3n) is 2.76. The molecule has 17 heavy (non-hydrogen) atoms. The van der Waals surface area contributed by atoms with E-state index in [9.17, 15) is 0 Å². The lowest BCUT2D eigenvalue weighted by Gasteiger charge is -2.12. The second-order valence-electron chi connectivity index (χ2n) is 4.18. The first-order valence-electron chi connectivity index (χ1n) is 5.61. The number of thiophene rings is 1. The Morgan fingerprint density at radius 2 is 2.18 bits per heavy atom. The van der Waals surface area contributed by atoms with E-state index in [2.05, 4.69) is 24.4 Å². The van der Waals surface area contributed by atoms with Crippen LogP contribution in [-0.4, -0.2) is 0 Å². The number of hydrogen-bond acceptors (Lipinski definition) is 3. The van der Waals surface area contributed by atoms with Crippen molar-refractivity contribution in [3.8, 4) is 0 Å². The SMILES string of the molecule is Cc1cc(C(C)NCc2ccc(Cl)s2)c(C)o1. The van der Waals surface area contributed by atoms with Crippen LogP contribution in [0.25, 0.3) is 0 Å². The third kappa shape index (κ3) is 3.12. The van der Waals surface area contributed by atoms with Crippen molar-refractivity contribution in [2.45, 2.75) is 33.4 Å². The van der Waals surface area contributed by atoms with Crippen LogP contribution in [0.15, 0.2) is 22.6 Å². The fraction of sp³-hybridized carbons (Fsp3) is 0.385. The van der Waals surface area contributed by atoms with Crippen LogP contribution in [0.5, 0.6) is 0 Å². The van der Waals surface area contributed by atoms with Gasteiger partial charge >= 0.3 is 0 Å². The first-order chi connectivity index (χ1) is 8.06. The van der Waals surface area contributed by atoms with Gasteiger partial charge in [-0.05, 0) is 39.0 Å². The average molecular weight is 270 g/mol. The minimum Gasteiger partial charge on any atom is -0.466 e. The van der Waals surface area contributed by atoms with E-state index in [1.807, 2.05) is 19.9 Å². The Labute approximate surface area is 111 Å². The molecule has 2 heterocycles. The largest absolute Gasteiger partial charge is 0.466 e. The molecular weight excluding hydrogens is 254 g/mol. The minimum atomic E-state index is 0.285. The predicted octanol–water partition coefficient (Wildman–Crippen LogP) is 4.46. The quantitative estimate of drug-likeness (QED) is 0.886. The van der Waals surface area contributed by atoms with Gasteiger partial charge in [-0.1, -0.05) is 11.6 Å². The second kappa shape index (κ2) is 5.25. The maximum atomic E-state index is 5.90. The van der Waals surface area contributed by atoms with Crippen molar-refractivity contribution in [2.24, 2.45) is 0 Å². The Hall–Kier alpha value is -0.770. The normalized spacial score (nSPS) is 12.9. The number of halogens is 1. The Morgan fingerprint density at radius 3 is 2.71 bits per heavy atom. The van der Waals surface area contributed by atoms with Crippen LogP contribution in [0.4, 0.5) is 0 Å². The predicted molar refractivity (Wildman–Crippen MR) is 72.8 cm³/mol. The highest BCUT2D eigenvalue weighted by atomic mass is 35.5. The van der Waals surface area contributed by atoms with Crippen LogP contribution in [0, 0.1) is 13.8 Å². The van der Waals surface area contributed by atoms with E-state index in [4.69, 9.17) is 16.0 Å². The van der Waals surface area contributed by atoms with E-state index >= 15 is 0 Å². The van der Waals surface area contributed by atoms with Gasteiger partial charge in [-0.2, -0.15) is 0 Å². The fourth-order valence-electron chi connectivity index (χ4n) is 1.89. The number of nitrogens with one attached hydrogen (secondary N) is 1. The molecule has 0 spiro atoms. The Balaban J connectivity index is 1.97. The summed E-state index contributed by atoms with van der Waals surface area (Å²) in [6.07, 6.45) is 0. The van der Waals surface area contributed by atoms with Crippen molar-refractivity contribution >= 4 is 22.9 Å². The van der Waals surface area contributed by atoms with E-state index in [1.165, 1.54) is 10.4 Å². The van der Waals surface area contributed by atoms with Gasteiger partial charge < -0.3 is 9.73 Å². The molecule has 2 aromatic rings. The molecule has 0 fully saturated rings. The smallest absolute Gasteiger partial charge is 0.105 e. The van der Waals surface area contributed by atoms with Gasteiger partial charge in [0.2, 0.25) is 0 Å². The first kappa shape index (κ1) is 12.7. The van der Waals surface area contributed by atoms with Crippen molar-refractivity contribution in [1.29, 1.82) is 0 Å². The molecular formula is C13H16ClNOS. The number of hydrogen-bond donors (Lipinski definition) is 1. The third-order valence-corrected chi connectivity index (χ3v) is 3.99. The number of rotatable bonds is 4. The van der Waals surface area contributed by atoms with Gasteiger partial charge in [0.25, 0.3) is 0 Å². The van der Waals surface area contributed by atoms with E-state index in [0.29, 0.717) is 0 Å². The molecule has 0 radical (unpaired) electrons. The zero-order valence-corrected chi connectivity index (χ0v) is 11.8. The molecule has 0 aliphatic heterocycles. The molecule has 0 bridgehead atoms. The lowest BCUT2D eigenvalue weighted by molar-refractivity contribution is 0.490. The molecule has 0 aliphatic carbocycles. The highest BCUT2D eigenvalue weighted by Gasteiger charge is 2.12. The second-order valence-corrected chi connectivity index (χ2v) is 5.98. The van der Waals surface area contributed by atoms with Crippen LogP contribution in [-0.2, 0) is 6.54 Å². The van der Waals surface area contributed by atoms with E-state index < -0.39 is 0 Å². The van der Waals surface area contributed by atoms with Crippen molar-refractivity contribution in [3.63, 3.8) is 0 Å². The molecule has 1 atom stereocenters. The Kier molecular flexibility index (Phi) is 3.92. The molecule has 2 rings (SSSR count). The van der Waals surface area contributed by atoms with Crippen molar-refractivity contribution < 1.29 is 4.42 Å². The molecule has 92 valence electrons. The minimum absolute atomic E-state index is 0.285. The van der Waals surface area contributed by atoms with Gasteiger partial charge in [0.1, 0.15) is 11.5 Å². The molecule has 4 heteroatoms. The number of aryl methyl sites for hydroxylation is 2. The van der Waals surface area contributed by atoms with E-state index in [-0.39, 0.29) is 6.04 Å².